The van der Waals surface area contributed by atoms with Crippen LogP contribution in [0.15, 0.2) is 54.6 Å². The first-order valence-electron chi connectivity index (χ1n) is 9.94. The van der Waals surface area contributed by atoms with Crippen LogP contribution in [0.2, 0.25) is 5.02 Å². The van der Waals surface area contributed by atoms with Crippen LogP contribution in [-0.2, 0) is 4.79 Å². The van der Waals surface area contributed by atoms with Crippen molar-refractivity contribution in [2.45, 2.75) is 39.2 Å². The van der Waals surface area contributed by atoms with Crippen LogP contribution in [0.1, 0.15) is 55.1 Å². The number of carbonyl (C=O) groups is 2. The number of pyridine rings is 1. The molecule has 4 rings (SSSR count). The van der Waals surface area contributed by atoms with Crippen LogP contribution in [0, 0.1) is 5.92 Å². The number of aromatic nitrogens is 1. The molecule has 1 aromatic heterocycles. The maximum Gasteiger partial charge on any atom is 0.260 e. The zero-order valence-electron chi connectivity index (χ0n) is 16.6. The van der Waals surface area contributed by atoms with E-state index in [9.17, 15) is 9.59 Å². The summed E-state index contributed by atoms with van der Waals surface area (Å²) in [6, 6.07) is 16.5. The monoisotopic (exact) mass is 406 g/mol. The van der Waals surface area contributed by atoms with Gasteiger partial charge in [-0.1, -0.05) is 49.7 Å². The van der Waals surface area contributed by atoms with Gasteiger partial charge in [-0.15, -0.1) is 0 Å². The molecule has 148 valence electrons. The summed E-state index contributed by atoms with van der Waals surface area (Å²) in [5.74, 6) is 1.07. The van der Waals surface area contributed by atoms with Crippen LogP contribution in [-0.4, -0.2) is 16.7 Å². The van der Waals surface area contributed by atoms with E-state index < -0.39 is 0 Å². The van der Waals surface area contributed by atoms with Gasteiger partial charge in [0.1, 0.15) is 11.6 Å². The highest BCUT2D eigenvalue weighted by molar-refractivity contribution is 6.31. The Morgan fingerprint density at radius 1 is 1.14 bits per heavy atom. The van der Waals surface area contributed by atoms with Crippen molar-refractivity contribution in [3.05, 3.63) is 70.7 Å². The van der Waals surface area contributed by atoms with Crippen molar-refractivity contribution in [2.75, 3.05) is 4.90 Å². The molecular weight excluding hydrogens is 384 g/mol. The number of ketones is 1. The van der Waals surface area contributed by atoms with Gasteiger partial charge in [0, 0.05) is 28.8 Å². The van der Waals surface area contributed by atoms with Gasteiger partial charge in [0.25, 0.3) is 5.91 Å². The summed E-state index contributed by atoms with van der Waals surface area (Å²) in [4.78, 5) is 32.2. The second-order valence-electron chi connectivity index (χ2n) is 7.96. The highest BCUT2D eigenvalue weighted by Gasteiger charge is 2.39. The van der Waals surface area contributed by atoms with Crippen molar-refractivity contribution >= 4 is 40.0 Å². The topological polar surface area (TPSA) is 50.3 Å². The van der Waals surface area contributed by atoms with Gasteiger partial charge in [-0.25, -0.2) is 4.98 Å². The number of benzene rings is 2. The Hall–Kier alpha value is -2.72. The Labute approximate surface area is 175 Å². The SMILES string of the molecule is CC(C)CCC(=O)CC1c2ccccc2C(=O)N1c1ccc2ccc(Cl)cc2n1. The molecule has 4 nitrogen and oxygen atoms in total. The van der Waals surface area contributed by atoms with Crippen molar-refractivity contribution < 1.29 is 9.59 Å². The molecule has 1 atom stereocenters. The van der Waals surface area contributed by atoms with E-state index in [-0.39, 0.29) is 17.7 Å². The van der Waals surface area contributed by atoms with Crippen molar-refractivity contribution in [2.24, 2.45) is 5.92 Å². The van der Waals surface area contributed by atoms with Crippen LogP contribution in [0.3, 0.4) is 0 Å². The molecule has 1 aliphatic heterocycles. The molecule has 0 saturated carbocycles. The van der Waals surface area contributed by atoms with Gasteiger partial charge >= 0.3 is 0 Å². The van der Waals surface area contributed by atoms with Gasteiger partial charge in [0.2, 0.25) is 0 Å². The zero-order valence-corrected chi connectivity index (χ0v) is 17.3. The number of anilines is 1. The zero-order chi connectivity index (χ0) is 20.5. The Morgan fingerprint density at radius 3 is 2.69 bits per heavy atom. The Morgan fingerprint density at radius 2 is 1.90 bits per heavy atom. The minimum Gasteiger partial charge on any atom is -0.300 e. The fraction of sp³-hybridized carbons (Fsp3) is 0.292. The summed E-state index contributed by atoms with van der Waals surface area (Å²) >= 11 is 6.12. The maximum atomic E-state index is 13.2. The summed E-state index contributed by atoms with van der Waals surface area (Å²) in [5, 5.41) is 1.55. The van der Waals surface area contributed by atoms with Gasteiger partial charge < -0.3 is 0 Å². The lowest BCUT2D eigenvalue weighted by atomic mass is 9.97. The molecule has 29 heavy (non-hydrogen) atoms. The average Bonchev–Trinajstić information content (AvgIpc) is 2.98. The molecule has 2 aromatic carbocycles. The number of amides is 1. The van der Waals surface area contributed by atoms with Gasteiger partial charge in [-0.05, 0) is 48.2 Å². The molecule has 0 bridgehead atoms. The quantitative estimate of drug-likeness (QED) is 0.505. The summed E-state index contributed by atoms with van der Waals surface area (Å²) in [6.45, 7) is 4.22. The third-order valence-corrected chi connectivity index (χ3v) is 5.62. The molecule has 3 aromatic rings. The number of halogens is 1. The Kier molecular flexibility index (Phi) is 5.37. The van der Waals surface area contributed by atoms with Crippen LogP contribution >= 0.6 is 11.6 Å². The molecule has 5 heteroatoms. The number of rotatable bonds is 6. The number of Topliss-reactive ketones (excluding diaryl/α,β-unsaturated/α-hetero) is 1. The third kappa shape index (κ3) is 3.90. The lowest BCUT2D eigenvalue weighted by molar-refractivity contribution is -0.119. The first-order valence-corrected chi connectivity index (χ1v) is 10.3. The molecule has 1 amide bonds. The third-order valence-electron chi connectivity index (χ3n) is 5.39. The van der Waals surface area contributed by atoms with Gasteiger partial charge in [-0.2, -0.15) is 0 Å². The largest absolute Gasteiger partial charge is 0.300 e. The fourth-order valence-corrected chi connectivity index (χ4v) is 4.01. The maximum absolute atomic E-state index is 13.2. The molecule has 2 heterocycles. The van der Waals surface area contributed by atoms with Crippen molar-refractivity contribution in [3.8, 4) is 0 Å². The van der Waals surface area contributed by atoms with Crippen molar-refractivity contribution in [3.63, 3.8) is 0 Å². The molecule has 0 fully saturated rings. The van der Waals surface area contributed by atoms with Crippen LogP contribution < -0.4 is 4.90 Å². The normalized spacial score (nSPS) is 15.9. The van der Waals surface area contributed by atoms with Gasteiger partial charge in [0.15, 0.2) is 0 Å². The Balaban J connectivity index is 1.72. The van der Waals surface area contributed by atoms with E-state index in [1.54, 1.807) is 11.0 Å². The first-order chi connectivity index (χ1) is 13.9. The second kappa shape index (κ2) is 7.96. The lowest BCUT2D eigenvalue weighted by Gasteiger charge is -2.24. The number of hydrogen-bond donors (Lipinski definition) is 0. The fourth-order valence-electron chi connectivity index (χ4n) is 3.84. The van der Waals surface area contributed by atoms with E-state index in [1.807, 2.05) is 48.5 Å². The minimum atomic E-state index is -0.331. The van der Waals surface area contributed by atoms with Crippen molar-refractivity contribution in [1.29, 1.82) is 0 Å². The number of hydrogen-bond acceptors (Lipinski definition) is 3. The van der Waals surface area contributed by atoms with E-state index >= 15 is 0 Å². The number of fused-ring (bicyclic) bond motifs is 2. The van der Waals surface area contributed by atoms with E-state index in [4.69, 9.17) is 16.6 Å². The predicted octanol–water partition coefficient (Wildman–Crippen LogP) is 5.99. The van der Waals surface area contributed by atoms with E-state index in [2.05, 4.69) is 13.8 Å². The van der Waals surface area contributed by atoms with Crippen LogP contribution in [0.5, 0.6) is 0 Å². The second-order valence-corrected chi connectivity index (χ2v) is 8.40. The smallest absolute Gasteiger partial charge is 0.260 e. The summed E-state index contributed by atoms with van der Waals surface area (Å²) in [5.41, 5.74) is 2.26. The highest BCUT2D eigenvalue weighted by atomic mass is 35.5. The molecule has 0 spiro atoms. The Bertz CT molecular complexity index is 1090. The first kappa shape index (κ1) is 19.6. The molecule has 0 N–H and O–H groups in total. The lowest BCUT2D eigenvalue weighted by Crippen LogP contribution is -2.30. The minimum absolute atomic E-state index is 0.115. The molecule has 0 aliphatic carbocycles. The number of nitrogens with zero attached hydrogens (tertiary/aromatic N) is 2. The van der Waals surface area contributed by atoms with E-state index in [0.717, 1.165) is 22.9 Å². The molecule has 1 aliphatic rings. The molecule has 1 unspecified atom stereocenters. The van der Waals surface area contributed by atoms with E-state index in [1.165, 1.54) is 0 Å². The standard InChI is InChI=1S/C24H23ClN2O2/c1-15(2)7-11-18(28)14-22-19-5-3-4-6-20(19)24(29)27(22)23-12-9-16-8-10-17(25)13-21(16)26-23/h3-6,8-10,12-13,15,22H,7,11,14H2,1-2H3. The number of carbonyl (C=O) groups excluding carboxylic acids is 2. The summed E-state index contributed by atoms with van der Waals surface area (Å²) in [7, 11) is 0. The highest BCUT2D eigenvalue weighted by Crippen LogP contribution is 2.39. The molecule has 0 saturated heterocycles. The molecule has 0 radical (unpaired) electrons. The van der Waals surface area contributed by atoms with Crippen LogP contribution in [0.25, 0.3) is 10.9 Å². The van der Waals surface area contributed by atoms with Gasteiger partial charge in [0.05, 0.1) is 11.6 Å². The summed E-state index contributed by atoms with van der Waals surface area (Å²) in [6.07, 6.45) is 1.68. The van der Waals surface area contributed by atoms with E-state index in [0.29, 0.717) is 35.2 Å². The van der Waals surface area contributed by atoms with Crippen LogP contribution in [0.4, 0.5) is 5.82 Å². The average molecular weight is 407 g/mol. The van der Waals surface area contributed by atoms with Crippen molar-refractivity contribution in [1.82, 2.24) is 4.98 Å². The predicted molar refractivity (Wildman–Crippen MR) is 116 cm³/mol. The summed E-state index contributed by atoms with van der Waals surface area (Å²) < 4.78 is 0. The molecular formula is C24H23ClN2O2. The van der Waals surface area contributed by atoms with Gasteiger partial charge in [-0.3, -0.25) is 14.5 Å².